The number of nitrogens with two attached hydrogens (primary N) is 1. The molecule has 3 aromatic rings. The minimum Gasteiger partial charge on any atom is -0.322 e. The largest absolute Gasteiger partial charge is 0.322 e. The summed E-state index contributed by atoms with van der Waals surface area (Å²) < 4.78 is 0.953. The van der Waals surface area contributed by atoms with Crippen LogP contribution in [0.5, 0.6) is 0 Å². The summed E-state index contributed by atoms with van der Waals surface area (Å²) in [5.41, 5.74) is 5.61. The molecule has 0 atom stereocenters. The van der Waals surface area contributed by atoms with E-state index in [1.165, 1.54) is 11.3 Å². The number of rotatable bonds is 3. The molecule has 112 valence electrons. The molecule has 1 amide bonds. The van der Waals surface area contributed by atoms with Crippen LogP contribution in [0.3, 0.4) is 0 Å². The summed E-state index contributed by atoms with van der Waals surface area (Å²) >= 11 is 7.34. The SMILES string of the molecule is Cc1cc(NC(=O)c2cccc(Cl)c2)cc2sc(NN)nc12. The summed E-state index contributed by atoms with van der Waals surface area (Å²) in [6.45, 7) is 1.94. The standard InChI is InChI=1S/C15H13ClN4OS/c1-8-5-11(7-12-13(8)19-15(20-17)22-12)18-14(21)9-3-2-4-10(16)6-9/h2-7H,17H2,1H3,(H,18,21)(H,19,20). The zero-order valence-electron chi connectivity index (χ0n) is 11.7. The maximum absolute atomic E-state index is 12.3. The predicted molar refractivity (Wildman–Crippen MR) is 91.6 cm³/mol. The number of hydrazine groups is 1. The zero-order chi connectivity index (χ0) is 15.7. The van der Waals surface area contributed by atoms with Crippen LogP contribution in [-0.2, 0) is 0 Å². The molecule has 7 heteroatoms. The van der Waals surface area contributed by atoms with Crippen LogP contribution in [0, 0.1) is 6.92 Å². The molecule has 0 aliphatic heterocycles. The van der Waals surface area contributed by atoms with Crippen LogP contribution < -0.4 is 16.6 Å². The Labute approximate surface area is 136 Å². The van der Waals surface area contributed by atoms with Crippen LogP contribution in [-0.4, -0.2) is 10.9 Å². The molecule has 1 aromatic heterocycles. The molecule has 1 heterocycles. The summed E-state index contributed by atoms with van der Waals surface area (Å²) in [6.07, 6.45) is 0. The van der Waals surface area contributed by atoms with Crippen molar-refractivity contribution in [3.05, 3.63) is 52.5 Å². The van der Waals surface area contributed by atoms with E-state index in [2.05, 4.69) is 15.7 Å². The van der Waals surface area contributed by atoms with E-state index in [1.54, 1.807) is 24.3 Å². The predicted octanol–water partition coefficient (Wildman–Crippen LogP) is 3.80. The van der Waals surface area contributed by atoms with E-state index in [0.29, 0.717) is 21.4 Å². The highest BCUT2D eigenvalue weighted by Gasteiger charge is 2.11. The van der Waals surface area contributed by atoms with Crippen LogP contribution in [0.15, 0.2) is 36.4 Å². The Morgan fingerprint density at radius 1 is 1.32 bits per heavy atom. The molecule has 0 spiro atoms. The summed E-state index contributed by atoms with van der Waals surface area (Å²) in [7, 11) is 0. The molecule has 0 fully saturated rings. The topological polar surface area (TPSA) is 80.0 Å². The van der Waals surface area contributed by atoms with E-state index >= 15 is 0 Å². The van der Waals surface area contributed by atoms with Gasteiger partial charge in [0.05, 0.1) is 10.2 Å². The van der Waals surface area contributed by atoms with E-state index < -0.39 is 0 Å². The molecule has 0 bridgehead atoms. The molecular weight excluding hydrogens is 320 g/mol. The number of nitrogens with one attached hydrogen (secondary N) is 2. The van der Waals surface area contributed by atoms with Crippen LogP contribution >= 0.6 is 22.9 Å². The van der Waals surface area contributed by atoms with Gasteiger partial charge in [0.15, 0.2) is 5.13 Å². The minimum absolute atomic E-state index is 0.206. The van der Waals surface area contributed by atoms with Crippen LogP contribution in [0.4, 0.5) is 10.8 Å². The van der Waals surface area contributed by atoms with Crippen molar-refractivity contribution < 1.29 is 4.79 Å². The molecule has 2 aromatic carbocycles. The van der Waals surface area contributed by atoms with Gasteiger partial charge in [-0.1, -0.05) is 29.0 Å². The van der Waals surface area contributed by atoms with Crippen molar-refractivity contribution in [3.8, 4) is 0 Å². The molecule has 3 rings (SSSR count). The highest BCUT2D eigenvalue weighted by Crippen LogP contribution is 2.30. The second-order valence-electron chi connectivity index (χ2n) is 4.77. The van der Waals surface area contributed by atoms with Gasteiger partial charge in [0, 0.05) is 16.3 Å². The number of carbonyl (C=O) groups is 1. The number of benzene rings is 2. The number of amides is 1. The number of carbonyl (C=O) groups excluding carboxylic acids is 1. The fourth-order valence-electron chi connectivity index (χ4n) is 2.16. The Bertz CT molecular complexity index is 862. The van der Waals surface area contributed by atoms with Crippen molar-refractivity contribution in [1.29, 1.82) is 0 Å². The Morgan fingerprint density at radius 3 is 2.86 bits per heavy atom. The molecule has 0 unspecified atom stereocenters. The van der Waals surface area contributed by atoms with Crippen molar-refractivity contribution in [3.63, 3.8) is 0 Å². The van der Waals surface area contributed by atoms with E-state index in [1.807, 2.05) is 19.1 Å². The molecule has 0 saturated carbocycles. The first-order valence-corrected chi connectivity index (χ1v) is 7.71. The third kappa shape index (κ3) is 2.89. The number of hydrogen-bond acceptors (Lipinski definition) is 5. The average Bonchev–Trinajstić information content (AvgIpc) is 2.91. The lowest BCUT2D eigenvalue weighted by Gasteiger charge is -2.07. The number of nitrogens with zero attached hydrogens (tertiary/aromatic N) is 1. The molecular formula is C15H13ClN4OS. The van der Waals surface area contributed by atoms with E-state index in [0.717, 1.165) is 15.8 Å². The van der Waals surface area contributed by atoms with Gasteiger partial charge >= 0.3 is 0 Å². The summed E-state index contributed by atoms with van der Waals surface area (Å²) in [6, 6.07) is 10.6. The number of nitrogen functional groups attached to an aromatic ring is 1. The highest BCUT2D eigenvalue weighted by atomic mass is 35.5. The Balaban J connectivity index is 1.92. The molecule has 0 aliphatic carbocycles. The van der Waals surface area contributed by atoms with E-state index in [4.69, 9.17) is 17.4 Å². The molecule has 0 radical (unpaired) electrons. The number of aromatic nitrogens is 1. The van der Waals surface area contributed by atoms with Gasteiger partial charge in [-0.2, -0.15) is 0 Å². The first-order chi connectivity index (χ1) is 10.6. The molecule has 22 heavy (non-hydrogen) atoms. The van der Waals surface area contributed by atoms with E-state index in [9.17, 15) is 4.79 Å². The fourth-order valence-corrected chi connectivity index (χ4v) is 3.25. The van der Waals surface area contributed by atoms with Gasteiger partial charge in [-0.05, 0) is 42.8 Å². The van der Waals surface area contributed by atoms with Gasteiger partial charge in [0.2, 0.25) is 0 Å². The lowest BCUT2D eigenvalue weighted by molar-refractivity contribution is 0.102. The smallest absolute Gasteiger partial charge is 0.255 e. The maximum Gasteiger partial charge on any atom is 0.255 e. The highest BCUT2D eigenvalue weighted by molar-refractivity contribution is 7.22. The number of thiazole rings is 1. The molecule has 4 N–H and O–H groups in total. The van der Waals surface area contributed by atoms with Gasteiger partial charge in [0.25, 0.3) is 5.91 Å². The van der Waals surface area contributed by atoms with Gasteiger partial charge in [-0.3, -0.25) is 10.2 Å². The Kier molecular flexibility index (Phi) is 3.98. The summed E-state index contributed by atoms with van der Waals surface area (Å²) in [5, 5.41) is 4.04. The molecule has 0 aliphatic rings. The number of halogens is 1. The lowest BCUT2D eigenvalue weighted by atomic mass is 10.1. The van der Waals surface area contributed by atoms with E-state index in [-0.39, 0.29) is 5.91 Å². The van der Waals surface area contributed by atoms with Crippen molar-refractivity contribution in [2.45, 2.75) is 6.92 Å². The number of fused-ring (bicyclic) bond motifs is 1. The Morgan fingerprint density at radius 2 is 2.14 bits per heavy atom. The van der Waals surface area contributed by atoms with Crippen LogP contribution in [0.1, 0.15) is 15.9 Å². The first kappa shape index (κ1) is 14.8. The van der Waals surface area contributed by atoms with Gasteiger partial charge in [0.1, 0.15) is 0 Å². The second kappa shape index (κ2) is 5.92. The average molecular weight is 333 g/mol. The Hall–Kier alpha value is -2.15. The lowest BCUT2D eigenvalue weighted by Crippen LogP contribution is -2.11. The van der Waals surface area contributed by atoms with Crippen molar-refractivity contribution in [1.82, 2.24) is 4.98 Å². The van der Waals surface area contributed by atoms with Crippen molar-refractivity contribution >= 4 is 49.9 Å². The fraction of sp³-hybridized carbons (Fsp3) is 0.0667. The first-order valence-electron chi connectivity index (χ1n) is 6.51. The quantitative estimate of drug-likeness (QED) is 0.503. The third-order valence-corrected chi connectivity index (χ3v) is 4.32. The molecule has 5 nitrogen and oxygen atoms in total. The number of aryl methyl sites for hydroxylation is 1. The van der Waals surface area contributed by atoms with Gasteiger partial charge in [-0.15, -0.1) is 0 Å². The van der Waals surface area contributed by atoms with Crippen LogP contribution in [0.2, 0.25) is 5.02 Å². The van der Waals surface area contributed by atoms with Crippen LogP contribution in [0.25, 0.3) is 10.2 Å². The zero-order valence-corrected chi connectivity index (χ0v) is 13.3. The number of hydrogen-bond donors (Lipinski definition) is 3. The van der Waals surface area contributed by atoms with Gasteiger partial charge in [-0.25, -0.2) is 10.8 Å². The van der Waals surface area contributed by atoms with Crippen molar-refractivity contribution in [2.24, 2.45) is 5.84 Å². The maximum atomic E-state index is 12.3. The van der Waals surface area contributed by atoms with Crippen molar-refractivity contribution in [2.75, 3.05) is 10.7 Å². The molecule has 0 saturated heterocycles. The third-order valence-electron chi connectivity index (χ3n) is 3.15. The normalized spacial score (nSPS) is 10.7. The number of anilines is 2. The monoisotopic (exact) mass is 332 g/mol. The second-order valence-corrected chi connectivity index (χ2v) is 6.23. The summed E-state index contributed by atoms with van der Waals surface area (Å²) in [5.74, 6) is 5.18. The minimum atomic E-state index is -0.206. The summed E-state index contributed by atoms with van der Waals surface area (Å²) in [4.78, 5) is 16.6. The van der Waals surface area contributed by atoms with Gasteiger partial charge < -0.3 is 5.32 Å².